The number of Topliss-reactive ketones (excluding diaryl/α,β-unsaturated/α-hetero) is 1. The molecule has 0 aliphatic carbocycles. The van der Waals surface area contributed by atoms with Crippen LogP contribution >= 0.6 is 23.8 Å². The fourth-order valence-electron chi connectivity index (χ4n) is 3.70. The number of rotatable bonds is 3. The highest BCUT2D eigenvalue weighted by atomic mass is 35.5. The molecule has 154 valence electrons. The summed E-state index contributed by atoms with van der Waals surface area (Å²) in [4.78, 5) is 15.3. The molecule has 1 aliphatic heterocycles. The van der Waals surface area contributed by atoms with Crippen molar-refractivity contribution in [3.05, 3.63) is 70.7 Å². The average molecular weight is 443 g/mol. The topological polar surface area (TPSA) is 43.8 Å². The zero-order valence-electron chi connectivity index (χ0n) is 15.5. The van der Waals surface area contributed by atoms with Crippen LogP contribution in [0.1, 0.15) is 22.0 Å². The molecule has 1 N–H and O–H groups in total. The van der Waals surface area contributed by atoms with Gasteiger partial charge in [-0.2, -0.15) is 13.2 Å². The smallest absolute Gasteiger partial charge is 0.363 e. The summed E-state index contributed by atoms with van der Waals surface area (Å²) in [6.07, 6.45) is -5.15. The summed E-state index contributed by atoms with van der Waals surface area (Å²) in [5.74, 6) is -2.74. The Hall–Kier alpha value is -2.16. The number of aliphatic hydroxyl groups is 1. The highest BCUT2D eigenvalue weighted by Gasteiger charge is 2.69. The number of ketones is 1. The summed E-state index contributed by atoms with van der Waals surface area (Å²) in [6.45, 7) is 0. The first-order chi connectivity index (χ1) is 13.5. The molecule has 2 aromatic carbocycles. The Morgan fingerprint density at radius 3 is 2.17 bits per heavy atom. The second-order valence-electron chi connectivity index (χ2n) is 6.88. The van der Waals surface area contributed by atoms with Crippen molar-refractivity contribution in [2.45, 2.75) is 17.9 Å². The minimum atomic E-state index is -5.15. The van der Waals surface area contributed by atoms with Gasteiger partial charge in [0.25, 0.3) is 5.72 Å². The van der Waals surface area contributed by atoms with Crippen LogP contribution in [-0.4, -0.2) is 51.8 Å². The molecule has 1 fully saturated rings. The molecule has 1 heterocycles. The minimum Gasteiger partial charge on any atom is -0.363 e. The predicted molar refractivity (Wildman–Crippen MR) is 108 cm³/mol. The van der Waals surface area contributed by atoms with Crippen molar-refractivity contribution >= 4 is 34.7 Å². The summed E-state index contributed by atoms with van der Waals surface area (Å²) in [5.41, 5.74) is -3.05. The number of benzene rings is 2. The molecule has 2 aromatic rings. The van der Waals surface area contributed by atoms with Crippen molar-refractivity contribution in [1.82, 2.24) is 9.80 Å². The first-order valence-electron chi connectivity index (χ1n) is 8.64. The third-order valence-electron chi connectivity index (χ3n) is 5.24. The van der Waals surface area contributed by atoms with Crippen LogP contribution in [0.5, 0.6) is 0 Å². The number of thiocarbonyl (C=S) groups is 1. The Bertz CT molecular complexity index is 924. The third kappa shape index (κ3) is 3.49. The number of carbonyl (C=O) groups is 1. The Morgan fingerprint density at radius 2 is 1.66 bits per heavy atom. The Kier molecular flexibility index (Phi) is 5.64. The zero-order valence-corrected chi connectivity index (χ0v) is 17.1. The van der Waals surface area contributed by atoms with E-state index < -0.39 is 29.6 Å². The van der Waals surface area contributed by atoms with Gasteiger partial charge >= 0.3 is 6.18 Å². The van der Waals surface area contributed by atoms with Gasteiger partial charge in [-0.15, -0.1) is 0 Å². The monoisotopic (exact) mass is 442 g/mol. The number of hydrogen-bond donors (Lipinski definition) is 1. The molecule has 0 spiro atoms. The normalized spacial score (nSPS) is 25.3. The molecule has 0 aromatic heterocycles. The van der Waals surface area contributed by atoms with Crippen molar-refractivity contribution < 1.29 is 23.1 Å². The Balaban J connectivity index is 2.26. The van der Waals surface area contributed by atoms with Gasteiger partial charge in [0.15, 0.2) is 10.9 Å². The van der Waals surface area contributed by atoms with Crippen molar-refractivity contribution in [2.75, 3.05) is 14.1 Å². The number of carbonyl (C=O) groups excluding carboxylic acids is 1. The van der Waals surface area contributed by atoms with E-state index >= 15 is 0 Å². The molecule has 1 saturated heterocycles. The fraction of sp³-hybridized carbons (Fsp3) is 0.300. The van der Waals surface area contributed by atoms with Crippen molar-refractivity contribution in [2.24, 2.45) is 5.92 Å². The van der Waals surface area contributed by atoms with E-state index in [2.05, 4.69) is 0 Å². The second kappa shape index (κ2) is 7.59. The van der Waals surface area contributed by atoms with Gasteiger partial charge in [-0.25, -0.2) is 0 Å². The summed E-state index contributed by atoms with van der Waals surface area (Å²) in [7, 11) is 2.54. The van der Waals surface area contributed by atoms with Crippen molar-refractivity contribution in [3.8, 4) is 0 Å². The van der Waals surface area contributed by atoms with Crippen LogP contribution in [0.15, 0.2) is 54.6 Å². The number of hydrogen-bond acceptors (Lipinski definition) is 3. The summed E-state index contributed by atoms with van der Waals surface area (Å²) < 4.78 is 42.6. The van der Waals surface area contributed by atoms with Crippen LogP contribution in [0, 0.1) is 5.92 Å². The van der Waals surface area contributed by atoms with Gasteiger partial charge in [0.1, 0.15) is 5.92 Å². The lowest BCUT2D eigenvalue weighted by atomic mass is 9.76. The second-order valence-corrected chi connectivity index (χ2v) is 7.68. The molecular formula is C20H18ClF3N2O2S. The highest BCUT2D eigenvalue weighted by molar-refractivity contribution is 7.80. The van der Waals surface area contributed by atoms with Gasteiger partial charge < -0.3 is 14.9 Å². The van der Waals surface area contributed by atoms with Crippen molar-refractivity contribution in [3.63, 3.8) is 0 Å². The first-order valence-corrected chi connectivity index (χ1v) is 9.43. The van der Waals surface area contributed by atoms with Gasteiger partial charge in [0.05, 0.1) is 6.04 Å². The van der Waals surface area contributed by atoms with Crippen LogP contribution in [0.2, 0.25) is 5.02 Å². The maximum atomic E-state index is 14.2. The standard InChI is InChI=1S/C20H18ClF3N2O2S/c1-25-16(12-8-10-14(21)11-9-12)15(17(27)13-6-4-3-5-7-13)19(28,20(22,23)24)26(2)18(25)29/h3-11,15-16,28H,1-2H3/t15-,16+,19+/m0/s1. The van der Waals surface area contributed by atoms with E-state index in [0.717, 1.165) is 7.05 Å². The van der Waals surface area contributed by atoms with Gasteiger partial charge in [-0.3, -0.25) is 4.79 Å². The Morgan fingerprint density at radius 1 is 1.10 bits per heavy atom. The van der Waals surface area contributed by atoms with Crippen LogP contribution in [-0.2, 0) is 0 Å². The van der Waals surface area contributed by atoms with Gasteiger partial charge in [-0.1, -0.05) is 54.1 Å². The third-order valence-corrected chi connectivity index (χ3v) is 6.05. The van der Waals surface area contributed by atoms with E-state index in [1.165, 1.54) is 48.3 Å². The quantitative estimate of drug-likeness (QED) is 0.567. The SMILES string of the molecule is CN1C(=S)N(C)[C@](O)(C(F)(F)F)[C@H](C(=O)c2ccccc2)[C@H]1c1ccc(Cl)cc1. The van der Waals surface area contributed by atoms with Gasteiger partial charge in [0.2, 0.25) is 0 Å². The first kappa shape index (κ1) is 21.5. The molecular weight excluding hydrogens is 425 g/mol. The predicted octanol–water partition coefficient (Wildman–Crippen LogP) is 4.29. The highest BCUT2D eigenvalue weighted by Crippen LogP contribution is 2.50. The van der Waals surface area contributed by atoms with Crippen LogP contribution < -0.4 is 0 Å². The maximum Gasteiger partial charge on any atom is 0.437 e. The summed E-state index contributed by atoms with van der Waals surface area (Å²) in [5, 5.41) is 11.1. The van der Waals surface area contributed by atoms with Crippen molar-refractivity contribution in [1.29, 1.82) is 0 Å². The molecule has 0 radical (unpaired) electrons. The van der Waals surface area contributed by atoms with Gasteiger partial charge in [-0.05, 0) is 29.9 Å². The number of halogens is 4. The van der Waals surface area contributed by atoms with E-state index in [-0.39, 0.29) is 10.7 Å². The van der Waals surface area contributed by atoms with E-state index in [4.69, 9.17) is 23.8 Å². The number of alkyl halides is 3. The van der Waals surface area contributed by atoms with Crippen LogP contribution in [0.25, 0.3) is 0 Å². The van der Waals surface area contributed by atoms with E-state index in [1.54, 1.807) is 18.2 Å². The lowest BCUT2D eigenvalue weighted by Crippen LogP contribution is -2.72. The molecule has 3 rings (SSSR count). The summed E-state index contributed by atoms with van der Waals surface area (Å²) in [6, 6.07) is 12.5. The molecule has 0 saturated carbocycles. The molecule has 3 atom stereocenters. The Labute approximate surface area is 176 Å². The van der Waals surface area contributed by atoms with Crippen LogP contribution in [0.4, 0.5) is 13.2 Å². The van der Waals surface area contributed by atoms with E-state index in [9.17, 15) is 23.1 Å². The molecule has 0 bridgehead atoms. The maximum absolute atomic E-state index is 14.2. The lowest BCUT2D eigenvalue weighted by Gasteiger charge is -2.54. The molecule has 9 heteroatoms. The van der Waals surface area contributed by atoms with E-state index in [1.807, 2.05) is 0 Å². The summed E-state index contributed by atoms with van der Waals surface area (Å²) >= 11 is 11.1. The molecule has 0 amide bonds. The molecule has 4 nitrogen and oxygen atoms in total. The average Bonchev–Trinajstić information content (AvgIpc) is 2.69. The zero-order chi connectivity index (χ0) is 21.6. The molecule has 1 aliphatic rings. The van der Waals surface area contributed by atoms with E-state index in [0.29, 0.717) is 15.5 Å². The molecule has 29 heavy (non-hydrogen) atoms. The van der Waals surface area contributed by atoms with Crippen LogP contribution in [0.3, 0.4) is 0 Å². The van der Waals surface area contributed by atoms with Gasteiger partial charge in [0, 0.05) is 24.7 Å². The lowest BCUT2D eigenvalue weighted by molar-refractivity contribution is -0.324. The number of nitrogens with zero attached hydrogens (tertiary/aromatic N) is 2. The fourth-order valence-corrected chi connectivity index (χ4v) is 4.08. The minimum absolute atomic E-state index is 0.0637. The largest absolute Gasteiger partial charge is 0.437 e. The molecule has 0 unspecified atom stereocenters.